The monoisotopic (exact) mass is 302 g/mol. The first-order valence-corrected chi connectivity index (χ1v) is 8.99. The van der Waals surface area contributed by atoms with Crippen LogP contribution in [0.2, 0.25) is 0 Å². The quantitative estimate of drug-likeness (QED) is 0.836. The van der Waals surface area contributed by atoms with E-state index in [1.54, 1.807) is 0 Å². The lowest BCUT2D eigenvalue weighted by atomic mass is 9.79. The molecule has 122 valence electrons. The lowest BCUT2D eigenvalue weighted by molar-refractivity contribution is 0.200. The van der Waals surface area contributed by atoms with Gasteiger partial charge < -0.3 is 9.80 Å². The second-order valence-corrected chi connectivity index (χ2v) is 7.24. The number of likely N-dealkylation sites (tertiary alicyclic amines) is 1. The van der Waals surface area contributed by atoms with Crippen LogP contribution in [0, 0.1) is 11.3 Å². The van der Waals surface area contributed by atoms with Crippen molar-refractivity contribution in [3.8, 4) is 0 Å². The summed E-state index contributed by atoms with van der Waals surface area (Å²) in [6.07, 6.45) is 10.3. The Morgan fingerprint density at radius 3 is 2.59 bits per heavy atom. The third-order valence-electron chi connectivity index (χ3n) is 5.68. The average Bonchev–Trinajstić information content (AvgIpc) is 2.95. The van der Waals surface area contributed by atoms with E-state index in [-0.39, 0.29) is 0 Å². The van der Waals surface area contributed by atoms with Gasteiger partial charge in [0.2, 0.25) is 5.95 Å². The Labute approximate surface area is 134 Å². The zero-order valence-electron chi connectivity index (χ0n) is 14.2. The molecule has 2 aliphatic rings. The van der Waals surface area contributed by atoms with E-state index in [1.807, 2.05) is 18.5 Å². The fourth-order valence-electron chi connectivity index (χ4n) is 4.26. The molecule has 3 heterocycles. The molecule has 22 heavy (non-hydrogen) atoms. The summed E-state index contributed by atoms with van der Waals surface area (Å²) in [4.78, 5) is 14.0. The van der Waals surface area contributed by atoms with Gasteiger partial charge >= 0.3 is 0 Å². The maximum atomic E-state index is 4.45. The Morgan fingerprint density at radius 2 is 1.86 bits per heavy atom. The van der Waals surface area contributed by atoms with Crippen LogP contribution in [0.3, 0.4) is 0 Å². The maximum Gasteiger partial charge on any atom is 0.225 e. The van der Waals surface area contributed by atoms with Crippen molar-refractivity contribution >= 4 is 5.95 Å². The van der Waals surface area contributed by atoms with Crippen LogP contribution in [0.5, 0.6) is 0 Å². The predicted octanol–water partition coefficient (Wildman–Crippen LogP) is 3.21. The fourth-order valence-corrected chi connectivity index (χ4v) is 4.26. The molecule has 0 saturated carbocycles. The normalized spacial score (nSPS) is 26.2. The SMILES string of the molecule is CCC(CC)CN1CC[C@]2(CCCN(c3ncccn3)C2)C1. The van der Waals surface area contributed by atoms with E-state index in [0.717, 1.165) is 25.0 Å². The third-order valence-corrected chi connectivity index (χ3v) is 5.68. The van der Waals surface area contributed by atoms with Crippen LogP contribution in [0.4, 0.5) is 5.95 Å². The molecular weight excluding hydrogens is 272 g/mol. The fraction of sp³-hybridized carbons (Fsp3) is 0.778. The highest BCUT2D eigenvalue weighted by molar-refractivity contribution is 5.30. The van der Waals surface area contributed by atoms with Gasteiger partial charge in [0, 0.05) is 44.0 Å². The molecule has 1 aromatic rings. The highest BCUT2D eigenvalue weighted by Crippen LogP contribution is 2.40. The molecule has 0 N–H and O–H groups in total. The van der Waals surface area contributed by atoms with Crippen LogP contribution < -0.4 is 4.90 Å². The van der Waals surface area contributed by atoms with E-state index >= 15 is 0 Å². The molecule has 4 heteroatoms. The number of hydrogen-bond acceptors (Lipinski definition) is 4. The summed E-state index contributed by atoms with van der Waals surface area (Å²) in [6.45, 7) is 10.7. The lowest BCUT2D eigenvalue weighted by Gasteiger charge is -2.40. The second-order valence-electron chi connectivity index (χ2n) is 7.24. The van der Waals surface area contributed by atoms with Gasteiger partial charge in [0.25, 0.3) is 0 Å². The van der Waals surface area contributed by atoms with Crippen molar-refractivity contribution in [2.75, 3.05) is 37.6 Å². The minimum Gasteiger partial charge on any atom is -0.340 e. The number of anilines is 1. The van der Waals surface area contributed by atoms with Crippen LogP contribution in [-0.2, 0) is 0 Å². The molecule has 2 aliphatic heterocycles. The Bertz CT molecular complexity index is 459. The van der Waals surface area contributed by atoms with Crippen LogP contribution >= 0.6 is 0 Å². The smallest absolute Gasteiger partial charge is 0.225 e. The highest BCUT2D eigenvalue weighted by Gasteiger charge is 2.41. The van der Waals surface area contributed by atoms with Crippen LogP contribution in [0.15, 0.2) is 18.5 Å². The largest absolute Gasteiger partial charge is 0.340 e. The minimum absolute atomic E-state index is 0.476. The van der Waals surface area contributed by atoms with E-state index in [4.69, 9.17) is 0 Å². The average molecular weight is 302 g/mol. The van der Waals surface area contributed by atoms with Gasteiger partial charge in [0.1, 0.15) is 0 Å². The Balaban J connectivity index is 1.62. The van der Waals surface area contributed by atoms with E-state index in [9.17, 15) is 0 Å². The van der Waals surface area contributed by atoms with Crippen molar-refractivity contribution < 1.29 is 0 Å². The molecule has 4 nitrogen and oxygen atoms in total. The van der Waals surface area contributed by atoms with Crippen molar-refractivity contribution in [2.24, 2.45) is 11.3 Å². The zero-order chi connectivity index (χ0) is 15.4. The summed E-state index contributed by atoms with van der Waals surface area (Å²) in [6, 6.07) is 1.90. The molecular formula is C18H30N4. The number of aromatic nitrogens is 2. The van der Waals surface area contributed by atoms with Crippen molar-refractivity contribution in [2.45, 2.75) is 46.0 Å². The van der Waals surface area contributed by atoms with E-state index < -0.39 is 0 Å². The summed E-state index contributed by atoms with van der Waals surface area (Å²) in [5, 5.41) is 0. The number of nitrogens with zero attached hydrogens (tertiary/aromatic N) is 4. The number of hydrogen-bond donors (Lipinski definition) is 0. The molecule has 0 unspecified atom stereocenters. The first-order chi connectivity index (χ1) is 10.7. The van der Waals surface area contributed by atoms with Gasteiger partial charge in [-0.05, 0) is 37.8 Å². The van der Waals surface area contributed by atoms with Crippen molar-refractivity contribution in [1.29, 1.82) is 0 Å². The molecule has 3 rings (SSSR count). The molecule has 1 aromatic heterocycles. The Morgan fingerprint density at radius 1 is 1.09 bits per heavy atom. The molecule has 1 atom stereocenters. The highest BCUT2D eigenvalue weighted by atomic mass is 15.3. The Hall–Kier alpha value is -1.16. The molecule has 2 saturated heterocycles. The summed E-state index contributed by atoms with van der Waals surface area (Å²) < 4.78 is 0. The van der Waals surface area contributed by atoms with Gasteiger partial charge in [-0.3, -0.25) is 0 Å². The van der Waals surface area contributed by atoms with Crippen molar-refractivity contribution in [1.82, 2.24) is 14.9 Å². The first kappa shape index (κ1) is 15.7. The summed E-state index contributed by atoms with van der Waals surface area (Å²) in [5.74, 6) is 1.78. The van der Waals surface area contributed by atoms with Gasteiger partial charge in [-0.2, -0.15) is 0 Å². The van der Waals surface area contributed by atoms with Gasteiger partial charge in [0.05, 0.1) is 0 Å². The van der Waals surface area contributed by atoms with Crippen LogP contribution in [0.1, 0.15) is 46.0 Å². The minimum atomic E-state index is 0.476. The zero-order valence-corrected chi connectivity index (χ0v) is 14.2. The van der Waals surface area contributed by atoms with Gasteiger partial charge in [-0.25, -0.2) is 9.97 Å². The molecule has 0 aromatic carbocycles. The molecule has 2 fully saturated rings. The predicted molar refractivity (Wildman–Crippen MR) is 91.0 cm³/mol. The van der Waals surface area contributed by atoms with Crippen LogP contribution in [0.25, 0.3) is 0 Å². The Kier molecular flexibility index (Phi) is 4.97. The van der Waals surface area contributed by atoms with Gasteiger partial charge in [-0.1, -0.05) is 26.7 Å². The molecule has 0 radical (unpaired) electrons. The summed E-state index contributed by atoms with van der Waals surface area (Å²) in [5.41, 5.74) is 0.476. The van der Waals surface area contributed by atoms with Gasteiger partial charge in [0.15, 0.2) is 0 Å². The number of rotatable bonds is 5. The van der Waals surface area contributed by atoms with Crippen molar-refractivity contribution in [3.05, 3.63) is 18.5 Å². The van der Waals surface area contributed by atoms with E-state index in [2.05, 4.69) is 33.6 Å². The summed E-state index contributed by atoms with van der Waals surface area (Å²) in [7, 11) is 0. The lowest BCUT2D eigenvalue weighted by Crippen LogP contribution is -2.45. The second kappa shape index (κ2) is 6.95. The molecule has 1 spiro atoms. The number of piperidine rings is 1. The standard InChI is InChI=1S/C18H30N4/c1-3-16(4-2)13-21-12-8-18(14-21)7-5-11-22(15-18)17-19-9-6-10-20-17/h6,9-10,16H,3-5,7-8,11-15H2,1-2H3/t18-/m1/s1. The molecule has 0 amide bonds. The molecule has 0 bridgehead atoms. The first-order valence-electron chi connectivity index (χ1n) is 8.99. The van der Waals surface area contributed by atoms with Crippen molar-refractivity contribution in [3.63, 3.8) is 0 Å². The maximum absolute atomic E-state index is 4.45. The molecule has 0 aliphatic carbocycles. The van der Waals surface area contributed by atoms with Gasteiger partial charge in [-0.15, -0.1) is 0 Å². The van der Waals surface area contributed by atoms with E-state index in [0.29, 0.717) is 5.41 Å². The topological polar surface area (TPSA) is 32.3 Å². The summed E-state index contributed by atoms with van der Waals surface area (Å²) >= 11 is 0. The third kappa shape index (κ3) is 3.43. The van der Waals surface area contributed by atoms with Crippen LogP contribution in [-0.4, -0.2) is 47.6 Å². The van der Waals surface area contributed by atoms with E-state index in [1.165, 1.54) is 51.7 Å².